The number of esters is 1. The van der Waals surface area contributed by atoms with E-state index in [-0.39, 0.29) is 11.4 Å². The van der Waals surface area contributed by atoms with Crippen LogP contribution in [0.1, 0.15) is 38.1 Å². The van der Waals surface area contributed by atoms with Gasteiger partial charge >= 0.3 is 5.97 Å². The largest absolute Gasteiger partial charge is 0.465 e. The number of carbonyl (C=O) groups is 3. The number of amides is 2. The summed E-state index contributed by atoms with van der Waals surface area (Å²) in [5.74, 6) is -1.66. The van der Waals surface area contributed by atoms with Crippen molar-refractivity contribution in [3.05, 3.63) is 47.3 Å². The molecule has 0 aliphatic carbocycles. The zero-order chi connectivity index (χ0) is 17.0. The Hall–Kier alpha value is -3.16. The van der Waals surface area contributed by atoms with Gasteiger partial charge in [0, 0.05) is 18.3 Å². The molecule has 0 fully saturated rings. The van der Waals surface area contributed by atoms with Gasteiger partial charge in [-0.2, -0.15) is 5.10 Å². The number of aryl methyl sites for hydroxylation is 1. The quantitative estimate of drug-likeness (QED) is 0.799. The summed E-state index contributed by atoms with van der Waals surface area (Å²) in [7, 11) is 1.28. The van der Waals surface area contributed by atoms with E-state index >= 15 is 0 Å². The van der Waals surface area contributed by atoms with Crippen LogP contribution in [-0.4, -0.2) is 34.7 Å². The average molecular weight is 316 g/mol. The number of aromatic nitrogens is 2. The molecule has 1 aromatic heterocycles. The minimum absolute atomic E-state index is 0.00798. The number of anilines is 1. The van der Waals surface area contributed by atoms with Crippen molar-refractivity contribution < 1.29 is 19.1 Å². The number of hydrogen-bond donors (Lipinski definition) is 2. The number of nitrogens with zero attached hydrogens (tertiary/aromatic N) is 2. The number of hydrogen-bond acceptors (Lipinski definition) is 5. The number of nitrogens with one attached hydrogen (secondary N) is 1. The second-order valence-corrected chi connectivity index (χ2v) is 4.63. The highest BCUT2D eigenvalue weighted by atomic mass is 16.5. The molecule has 0 aliphatic rings. The van der Waals surface area contributed by atoms with Crippen LogP contribution in [0.15, 0.2) is 30.5 Å². The predicted molar refractivity (Wildman–Crippen MR) is 82.2 cm³/mol. The molecule has 1 heterocycles. The lowest BCUT2D eigenvalue weighted by Crippen LogP contribution is -2.18. The molecule has 1 aromatic carbocycles. The molecule has 2 amide bonds. The van der Waals surface area contributed by atoms with Gasteiger partial charge in [0.2, 0.25) is 0 Å². The van der Waals surface area contributed by atoms with Gasteiger partial charge in [0.05, 0.1) is 18.4 Å². The smallest absolute Gasteiger partial charge is 0.337 e. The van der Waals surface area contributed by atoms with Gasteiger partial charge in [0.1, 0.15) is 0 Å². The Morgan fingerprint density at radius 1 is 1.22 bits per heavy atom. The molecule has 2 aromatic rings. The van der Waals surface area contributed by atoms with Crippen LogP contribution in [0, 0.1) is 0 Å². The number of nitrogens with two attached hydrogens (primary N) is 1. The van der Waals surface area contributed by atoms with Gasteiger partial charge in [-0.15, -0.1) is 0 Å². The van der Waals surface area contributed by atoms with Crippen LogP contribution in [0.2, 0.25) is 0 Å². The molecule has 0 unspecified atom stereocenters. The average Bonchev–Trinajstić information content (AvgIpc) is 2.97. The topological polar surface area (TPSA) is 116 Å². The highest BCUT2D eigenvalue weighted by molar-refractivity contribution is 6.08. The highest BCUT2D eigenvalue weighted by Crippen LogP contribution is 2.15. The van der Waals surface area contributed by atoms with Crippen molar-refractivity contribution in [1.29, 1.82) is 0 Å². The summed E-state index contributed by atoms with van der Waals surface area (Å²) in [5.41, 5.74) is 6.13. The van der Waals surface area contributed by atoms with Crippen molar-refractivity contribution >= 4 is 23.5 Å². The van der Waals surface area contributed by atoms with Gasteiger partial charge < -0.3 is 15.8 Å². The third-order valence-electron chi connectivity index (χ3n) is 3.14. The van der Waals surface area contributed by atoms with E-state index in [2.05, 4.69) is 15.2 Å². The van der Waals surface area contributed by atoms with Crippen molar-refractivity contribution in [2.24, 2.45) is 5.73 Å². The Morgan fingerprint density at radius 3 is 2.35 bits per heavy atom. The first-order chi connectivity index (χ1) is 11.0. The predicted octanol–water partition coefficient (Wildman–Crippen LogP) is 1.04. The highest BCUT2D eigenvalue weighted by Gasteiger charge is 2.17. The number of carbonyl (C=O) groups excluding carboxylic acids is 3. The van der Waals surface area contributed by atoms with E-state index in [0.29, 0.717) is 17.7 Å². The van der Waals surface area contributed by atoms with Crippen LogP contribution in [0.3, 0.4) is 0 Å². The number of rotatable bonds is 5. The molecule has 2 rings (SSSR count). The molecule has 120 valence electrons. The van der Waals surface area contributed by atoms with E-state index in [9.17, 15) is 14.4 Å². The Bertz CT molecular complexity index is 749. The van der Waals surface area contributed by atoms with E-state index in [1.807, 2.05) is 6.92 Å². The molecule has 0 bridgehead atoms. The van der Waals surface area contributed by atoms with E-state index in [4.69, 9.17) is 5.73 Å². The van der Waals surface area contributed by atoms with Crippen molar-refractivity contribution in [3.63, 3.8) is 0 Å². The molecule has 23 heavy (non-hydrogen) atoms. The maximum absolute atomic E-state index is 12.2. The van der Waals surface area contributed by atoms with Crippen LogP contribution in [-0.2, 0) is 11.3 Å². The van der Waals surface area contributed by atoms with Crippen molar-refractivity contribution in [1.82, 2.24) is 9.78 Å². The minimum atomic E-state index is -0.728. The minimum Gasteiger partial charge on any atom is -0.465 e. The lowest BCUT2D eigenvalue weighted by Gasteiger charge is -2.05. The summed E-state index contributed by atoms with van der Waals surface area (Å²) < 4.78 is 6.08. The lowest BCUT2D eigenvalue weighted by atomic mass is 10.1. The van der Waals surface area contributed by atoms with E-state index in [0.717, 1.165) is 0 Å². The zero-order valence-electron chi connectivity index (χ0n) is 12.7. The molecule has 0 radical (unpaired) electrons. The number of ether oxygens (including phenoxy) is 1. The summed E-state index contributed by atoms with van der Waals surface area (Å²) in [6.45, 7) is 2.37. The maximum atomic E-state index is 12.2. The van der Waals surface area contributed by atoms with Crippen LogP contribution < -0.4 is 11.1 Å². The van der Waals surface area contributed by atoms with E-state index < -0.39 is 17.8 Å². The normalized spacial score (nSPS) is 10.2. The molecule has 0 saturated heterocycles. The number of primary amides is 1. The standard InChI is InChI=1S/C15H16N4O4/c1-3-19-8-11(12(18-19)13(16)20)17-14(21)9-4-6-10(7-5-9)15(22)23-2/h4-8H,3H2,1-2H3,(H2,16,20)(H,17,21). The van der Waals surface area contributed by atoms with Gasteiger partial charge in [-0.05, 0) is 31.2 Å². The van der Waals surface area contributed by atoms with Crippen LogP contribution in [0.25, 0.3) is 0 Å². The van der Waals surface area contributed by atoms with Gasteiger partial charge in [0.25, 0.3) is 11.8 Å². The second kappa shape index (κ2) is 6.73. The fraction of sp³-hybridized carbons (Fsp3) is 0.200. The number of benzene rings is 1. The van der Waals surface area contributed by atoms with Crippen molar-refractivity contribution in [2.45, 2.75) is 13.5 Å². The molecule has 0 aliphatic heterocycles. The van der Waals surface area contributed by atoms with Crippen LogP contribution in [0.5, 0.6) is 0 Å². The Kier molecular flexibility index (Phi) is 4.75. The molecule has 0 spiro atoms. The van der Waals surface area contributed by atoms with E-state index in [1.165, 1.54) is 42.3 Å². The first kappa shape index (κ1) is 16.2. The molecule has 3 N–H and O–H groups in total. The Morgan fingerprint density at radius 2 is 1.83 bits per heavy atom. The van der Waals surface area contributed by atoms with Crippen molar-refractivity contribution in [3.8, 4) is 0 Å². The first-order valence-electron chi connectivity index (χ1n) is 6.83. The fourth-order valence-electron chi connectivity index (χ4n) is 1.93. The maximum Gasteiger partial charge on any atom is 0.337 e. The molecular formula is C15H16N4O4. The van der Waals surface area contributed by atoms with Crippen LogP contribution in [0.4, 0.5) is 5.69 Å². The van der Waals surface area contributed by atoms with Gasteiger partial charge in [0.15, 0.2) is 5.69 Å². The van der Waals surface area contributed by atoms with Gasteiger partial charge in [-0.3, -0.25) is 14.3 Å². The molecule has 0 saturated carbocycles. The third kappa shape index (κ3) is 3.54. The molecule has 8 nitrogen and oxygen atoms in total. The SMILES string of the molecule is CCn1cc(NC(=O)c2ccc(C(=O)OC)cc2)c(C(N)=O)n1. The van der Waals surface area contributed by atoms with Gasteiger partial charge in [-0.25, -0.2) is 4.79 Å². The summed E-state index contributed by atoms with van der Waals surface area (Å²) >= 11 is 0. The molecule has 0 atom stereocenters. The Labute approximate surface area is 132 Å². The second-order valence-electron chi connectivity index (χ2n) is 4.63. The van der Waals surface area contributed by atoms with Crippen molar-refractivity contribution in [2.75, 3.05) is 12.4 Å². The van der Waals surface area contributed by atoms with E-state index in [1.54, 1.807) is 0 Å². The first-order valence-corrected chi connectivity index (χ1v) is 6.83. The third-order valence-corrected chi connectivity index (χ3v) is 3.14. The van der Waals surface area contributed by atoms with Gasteiger partial charge in [-0.1, -0.05) is 0 Å². The lowest BCUT2D eigenvalue weighted by molar-refractivity contribution is 0.0600. The fourth-order valence-corrected chi connectivity index (χ4v) is 1.93. The summed E-state index contributed by atoms with van der Waals surface area (Å²) in [5, 5.41) is 6.58. The molecular weight excluding hydrogens is 300 g/mol. The summed E-state index contributed by atoms with van der Waals surface area (Å²) in [6.07, 6.45) is 1.53. The Balaban J connectivity index is 2.20. The summed E-state index contributed by atoms with van der Waals surface area (Å²) in [6, 6.07) is 5.92. The zero-order valence-corrected chi connectivity index (χ0v) is 12.7. The monoisotopic (exact) mass is 316 g/mol. The number of methoxy groups -OCH3 is 1. The summed E-state index contributed by atoms with van der Waals surface area (Å²) in [4.78, 5) is 34.9. The molecule has 8 heteroatoms. The van der Waals surface area contributed by atoms with Crippen LogP contribution >= 0.6 is 0 Å².